The number of carbonyl (C=O) groups excluding carboxylic acids is 2. The number of allylic oxidation sites excluding steroid dienone is 1. The van der Waals surface area contributed by atoms with Gasteiger partial charge in [-0.3, -0.25) is 4.79 Å². The van der Waals surface area contributed by atoms with Gasteiger partial charge < -0.3 is 10.1 Å². The fourth-order valence-electron chi connectivity index (χ4n) is 3.84. The lowest BCUT2D eigenvalue weighted by atomic mass is 9.84. The van der Waals surface area contributed by atoms with Crippen LogP contribution < -0.4 is 5.32 Å². The summed E-state index contributed by atoms with van der Waals surface area (Å²) in [5, 5.41) is 2.88. The maximum Gasteiger partial charge on any atom is 0.336 e. The third-order valence-corrected chi connectivity index (χ3v) is 5.44. The van der Waals surface area contributed by atoms with Gasteiger partial charge >= 0.3 is 5.97 Å². The zero-order valence-electron chi connectivity index (χ0n) is 14.8. The summed E-state index contributed by atoms with van der Waals surface area (Å²) < 4.78 is 20.2. The number of hydrogen-bond acceptors (Lipinski definition) is 3. The minimum atomic E-state index is -0.740. The molecule has 1 aromatic carbocycles. The summed E-state index contributed by atoms with van der Waals surface area (Å²) in [7, 11) is 0. The lowest BCUT2D eigenvalue weighted by Crippen LogP contribution is -2.35. The van der Waals surface area contributed by atoms with E-state index in [9.17, 15) is 14.0 Å². The molecule has 0 radical (unpaired) electrons. The van der Waals surface area contributed by atoms with Crippen LogP contribution in [-0.4, -0.2) is 18.0 Å². The van der Waals surface area contributed by atoms with E-state index < -0.39 is 17.7 Å². The third kappa shape index (κ3) is 4.09. The molecule has 1 aromatic rings. The Balaban J connectivity index is 1.91. The van der Waals surface area contributed by atoms with Crippen LogP contribution in [0.5, 0.6) is 0 Å². The average Bonchev–Trinajstić information content (AvgIpc) is 2.82. The van der Waals surface area contributed by atoms with E-state index in [1.807, 2.05) is 0 Å². The van der Waals surface area contributed by atoms with E-state index in [4.69, 9.17) is 16.3 Å². The molecule has 1 saturated carbocycles. The number of benzene rings is 1. The normalized spacial score (nSPS) is 22.0. The first-order valence-corrected chi connectivity index (χ1v) is 9.50. The van der Waals surface area contributed by atoms with E-state index in [2.05, 4.69) is 5.32 Å². The van der Waals surface area contributed by atoms with Crippen LogP contribution >= 0.6 is 11.6 Å². The molecule has 0 saturated heterocycles. The molecule has 0 bridgehead atoms. The molecule has 1 N–H and O–H groups in total. The van der Waals surface area contributed by atoms with E-state index >= 15 is 0 Å². The summed E-state index contributed by atoms with van der Waals surface area (Å²) in [6.45, 7) is 1.64. The highest BCUT2D eigenvalue weighted by Crippen LogP contribution is 2.39. The average molecular weight is 380 g/mol. The van der Waals surface area contributed by atoms with Crippen molar-refractivity contribution >= 4 is 23.5 Å². The van der Waals surface area contributed by atoms with Gasteiger partial charge in [-0.05, 0) is 44.7 Å². The van der Waals surface area contributed by atoms with E-state index in [0.29, 0.717) is 11.3 Å². The fraction of sp³-hybridized carbons (Fsp3) is 0.500. The second-order valence-electron chi connectivity index (χ2n) is 7.00. The quantitative estimate of drug-likeness (QED) is 0.615. The Morgan fingerprint density at radius 2 is 1.92 bits per heavy atom. The van der Waals surface area contributed by atoms with E-state index in [1.54, 1.807) is 13.0 Å². The summed E-state index contributed by atoms with van der Waals surface area (Å²) in [5.41, 5.74) is 0.876. The number of rotatable bonds is 3. The standard InChI is InChI=1S/C20H23ClFNO3/c1-12-18(20(25)26-13-7-4-2-3-5-8-13)14(11-17(24)23-12)19-15(21)9-6-10-16(19)22/h6,9-10,13-14H,2-5,7-8,11H2,1H3,(H,23,24)/t14-/m0/s1. The van der Waals surface area contributed by atoms with E-state index in [-0.39, 0.29) is 29.0 Å². The maximum absolute atomic E-state index is 14.4. The van der Waals surface area contributed by atoms with Crippen LogP contribution in [0.15, 0.2) is 29.5 Å². The third-order valence-electron chi connectivity index (χ3n) is 5.11. The van der Waals surface area contributed by atoms with Gasteiger partial charge in [0.1, 0.15) is 11.9 Å². The molecule has 1 aliphatic carbocycles. The molecule has 1 fully saturated rings. The monoisotopic (exact) mass is 379 g/mol. The Hall–Kier alpha value is -1.88. The van der Waals surface area contributed by atoms with Gasteiger partial charge in [-0.2, -0.15) is 0 Å². The van der Waals surface area contributed by atoms with Crippen LogP contribution in [0.1, 0.15) is 63.4 Å². The lowest BCUT2D eigenvalue weighted by molar-refractivity contribution is -0.145. The van der Waals surface area contributed by atoms with Gasteiger partial charge in [0.25, 0.3) is 0 Å². The first kappa shape index (κ1) is 18.9. The van der Waals surface area contributed by atoms with Gasteiger partial charge in [-0.1, -0.05) is 30.5 Å². The minimum Gasteiger partial charge on any atom is -0.459 e. The molecule has 26 heavy (non-hydrogen) atoms. The molecule has 1 heterocycles. The number of carbonyl (C=O) groups is 2. The predicted molar refractivity (Wildman–Crippen MR) is 97.2 cm³/mol. The largest absolute Gasteiger partial charge is 0.459 e. The Morgan fingerprint density at radius 1 is 1.23 bits per heavy atom. The summed E-state index contributed by atoms with van der Waals surface area (Å²) in [6.07, 6.45) is 5.90. The van der Waals surface area contributed by atoms with Gasteiger partial charge in [-0.15, -0.1) is 0 Å². The van der Waals surface area contributed by atoms with Gasteiger partial charge in [0.2, 0.25) is 5.91 Å². The zero-order chi connectivity index (χ0) is 18.7. The van der Waals surface area contributed by atoms with Gasteiger partial charge in [0.05, 0.1) is 5.57 Å². The predicted octanol–water partition coefficient (Wildman–Crippen LogP) is 4.62. The SMILES string of the molecule is CC1=C(C(=O)OC2CCCCCC2)[C@@H](c2c(F)cccc2Cl)CC(=O)N1. The fourth-order valence-corrected chi connectivity index (χ4v) is 4.13. The molecule has 0 spiro atoms. The van der Waals surface area contributed by atoms with Crippen LogP contribution in [-0.2, 0) is 14.3 Å². The highest BCUT2D eigenvalue weighted by molar-refractivity contribution is 6.31. The number of hydrogen-bond donors (Lipinski definition) is 1. The van der Waals surface area contributed by atoms with Crippen LogP contribution in [0, 0.1) is 5.82 Å². The molecule has 2 aliphatic rings. The second kappa shape index (κ2) is 8.21. The van der Waals surface area contributed by atoms with Crippen LogP contribution in [0.2, 0.25) is 5.02 Å². The molecule has 0 unspecified atom stereocenters. The van der Waals surface area contributed by atoms with Crippen molar-refractivity contribution in [1.29, 1.82) is 0 Å². The van der Waals surface area contributed by atoms with Gasteiger partial charge in [-0.25, -0.2) is 9.18 Å². The molecule has 1 amide bonds. The number of nitrogens with one attached hydrogen (secondary N) is 1. The Kier molecular flexibility index (Phi) is 5.97. The first-order valence-electron chi connectivity index (χ1n) is 9.13. The first-order chi connectivity index (χ1) is 12.5. The highest BCUT2D eigenvalue weighted by atomic mass is 35.5. The Morgan fingerprint density at radius 3 is 2.58 bits per heavy atom. The van der Waals surface area contributed by atoms with Crippen molar-refractivity contribution in [1.82, 2.24) is 5.32 Å². The van der Waals surface area contributed by atoms with Crippen molar-refractivity contribution in [3.63, 3.8) is 0 Å². The molecule has 140 valence electrons. The highest BCUT2D eigenvalue weighted by Gasteiger charge is 2.36. The summed E-state index contributed by atoms with van der Waals surface area (Å²) in [6, 6.07) is 4.36. The molecular formula is C20H23ClFNO3. The van der Waals surface area contributed by atoms with Crippen LogP contribution in [0.3, 0.4) is 0 Å². The van der Waals surface area contributed by atoms with Gasteiger partial charge in [0, 0.05) is 28.6 Å². The zero-order valence-corrected chi connectivity index (χ0v) is 15.6. The molecule has 3 rings (SSSR count). The Labute approximate surface area is 157 Å². The Bertz CT molecular complexity index is 718. The number of amides is 1. The molecule has 1 aliphatic heterocycles. The van der Waals surface area contributed by atoms with E-state index in [0.717, 1.165) is 38.5 Å². The molecule has 1 atom stereocenters. The van der Waals surface area contributed by atoms with Crippen molar-refractivity contribution in [2.24, 2.45) is 0 Å². The molecule has 6 heteroatoms. The molecule has 0 aromatic heterocycles. The van der Waals surface area contributed by atoms with Gasteiger partial charge in [0.15, 0.2) is 0 Å². The maximum atomic E-state index is 14.4. The molecule has 4 nitrogen and oxygen atoms in total. The number of halogens is 2. The van der Waals surface area contributed by atoms with Crippen LogP contribution in [0.25, 0.3) is 0 Å². The van der Waals surface area contributed by atoms with Crippen molar-refractivity contribution in [3.05, 3.63) is 45.9 Å². The minimum absolute atomic E-state index is 0.0346. The van der Waals surface area contributed by atoms with Crippen LogP contribution in [0.4, 0.5) is 4.39 Å². The molecular weight excluding hydrogens is 357 g/mol. The summed E-state index contributed by atoms with van der Waals surface area (Å²) in [4.78, 5) is 24.9. The van der Waals surface area contributed by atoms with Crippen molar-refractivity contribution in [2.45, 2.75) is 63.9 Å². The van der Waals surface area contributed by atoms with Crippen molar-refractivity contribution in [3.8, 4) is 0 Å². The lowest BCUT2D eigenvalue weighted by Gasteiger charge is -2.28. The smallest absolute Gasteiger partial charge is 0.336 e. The second-order valence-corrected chi connectivity index (χ2v) is 7.40. The van der Waals surface area contributed by atoms with Crippen molar-refractivity contribution in [2.75, 3.05) is 0 Å². The van der Waals surface area contributed by atoms with Crippen molar-refractivity contribution < 1.29 is 18.7 Å². The summed E-state index contributed by atoms with van der Waals surface area (Å²) in [5.74, 6) is -2.02. The summed E-state index contributed by atoms with van der Waals surface area (Å²) >= 11 is 6.20. The topological polar surface area (TPSA) is 55.4 Å². The number of esters is 1. The number of ether oxygens (including phenoxy) is 1. The van der Waals surface area contributed by atoms with E-state index in [1.165, 1.54) is 12.1 Å².